The second kappa shape index (κ2) is 17.1. The van der Waals surface area contributed by atoms with Crippen molar-refractivity contribution in [1.29, 1.82) is 0 Å². The van der Waals surface area contributed by atoms with Gasteiger partial charge in [0.05, 0.1) is 27.4 Å². The number of hydrogen-bond acceptors (Lipinski definition) is 6. The van der Waals surface area contributed by atoms with E-state index in [4.69, 9.17) is 19.9 Å². The van der Waals surface area contributed by atoms with Crippen molar-refractivity contribution in [1.82, 2.24) is 19.9 Å². The monoisotopic (exact) mass is 756 g/mol. The Balaban J connectivity index is 0.00000401. The van der Waals surface area contributed by atoms with Crippen molar-refractivity contribution in [2.24, 2.45) is 5.41 Å². The first-order chi connectivity index (χ1) is 23.1. The third-order valence-corrected chi connectivity index (χ3v) is 16.0. The molecule has 48 heavy (non-hydrogen) atoms. The van der Waals surface area contributed by atoms with Crippen molar-refractivity contribution >= 4 is 93.4 Å². The maximum atomic E-state index is 5.43. The number of aromatic nitrogens is 4. The maximum Gasteiger partial charge on any atom is 2.00 e. The average Bonchev–Trinajstić information content (AvgIpc) is 3.92. The van der Waals surface area contributed by atoms with Gasteiger partial charge in [0.15, 0.2) is 0 Å². The summed E-state index contributed by atoms with van der Waals surface area (Å²) in [4.78, 5) is 21.1. The summed E-state index contributed by atoms with van der Waals surface area (Å²) in [5.41, 5.74) is 12.5. The average molecular weight is 758 g/mol. The van der Waals surface area contributed by atoms with Crippen molar-refractivity contribution in [2.75, 3.05) is 28.1 Å². The summed E-state index contributed by atoms with van der Waals surface area (Å²) in [6.07, 6.45) is 20.4. The molecule has 0 amide bonds. The van der Waals surface area contributed by atoms with Crippen LogP contribution in [0.1, 0.15) is 109 Å². The molecule has 0 radical (unpaired) electrons. The number of nitrogens with zero attached hydrogens (tertiary/aromatic N) is 4. The number of unbranched alkanes of at least 4 members (excludes halogenated alkanes) is 6. The molecule has 0 aromatic carbocycles. The van der Waals surface area contributed by atoms with Gasteiger partial charge in [-0.1, -0.05) is 82.2 Å². The molecule has 0 N–H and O–H groups in total. The molecular weight excluding hydrogens is 711 g/mol. The Morgan fingerprint density at radius 1 is 0.646 bits per heavy atom. The van der Waals surface area contributed by atoms with Crippen LogP contribution in [0.25, 0.3) is 46.4 Å². The van der Waals surface area contributed by atoms with E-state index < -0.39 is 0 Å². The first-order valence-corrected chi connectivity index (χ1v) is 21.9. The van der Waals surface area contributed by atoms with Crippen molar-refractivity contribution in [2.45, 2.75) is 82.6 Å². The molecule has 3 aromatic heterocycles. The van der Waals surface area contributed by atoms with Gasteiger partial charge in [-0.05, 0) is 67.2 Å². The van der Waals surface area contributed by atoms with Gasteiger partial charge in [-0.25, -0.2) is 9.97 Å². The molecule has 7 heterocycles. The largest absolute Gasteiger partial charge is 2.00 e. The zero-order chi connectivity index (χ0) is 32.1. The van der Waals surface area contributed by atoms with Gasteiger partial charge >= 0.3 is 16.5 Å². The van der Waals surface area contributed by atoms with E-state index in [9.17, 15) is 0 Å². The summed E-state index contributed by atoms with van der Waals surface area (Å²) in [6, 6.07) is 11.1. The molecule has 2 saturated heterocycles. The van der Waals surface area contributed by atoms with E-state index in [1.54, 1.807) is 0 Å². The third-order valence-electron chi connectivity index (χ3n) is 9.55. The van der Waals surface area contributed by atoms with Crippen LogP contribution >= 0.6 is 47.0 Å². The smallest absolute Gasteiger partial charge is 0.657 e. The minimum atomic E-state index is 0. The zero-order valence-corrected chi connectivity index (χ0v) is 32.4. The van der Waals surface area contributed by atoms with Gasteiger partial charge in [0.25, 0.3) is 0 Å². The van der Waals surface area contributed by atoms with Crippen molar-refractivity contribution in [3.63, 3.8) is 0 Å². The molecule has 4 nitrogen and oxygen atoms in total. The Morgan fingerprint density at radius 3 is 1.65 bits per heavy atom. The summed E-state index contributed by atoms with van der Waals surface area (Å²) in [5, 5.41) is 1.24. The van der Waals surface area contributed by atoms with E-state index >= 15 is 0 Å². The zero-order valence-electron chi connectivity index (χ0n) is 28.1. The second-order valence-electron chi connectivity index (χ2n) is 13.3. The fourth-order valence-corrected chi connectivity index (χ4v) is 13.5. The summed E-state index contributed by atoms with van der Waals surface area (Å²) in [5.74, 6) is 4.98. The number of rotatable bonds is 11. The quantitative estimate of drug-likeness (QED) is 0.0975. The molecule has 0 atom stereocenters. The van der Waals surface area contributed by atoms with E-state index in [-0.39, 0.29) is 16.5 Å². The van der Waals surface area contributed by atoms with Crippen LogP contribution in [0.4, 0.5) is 0 Å². The molecule has 0 aliphatic carbocycles. The minimum Gasteiger partial charge on any atom is -0.657 e. The molecule has 1 spiro atoms. The SMILES string of the molecule is CCCCCCc1c2nc(cc3nc(c(CCCCCC)c4ccc([n-]4)c(C4SCC5(CSCSC5)CS4)c4ccc1[n-]4)C=C3)C=C2.[Ni+2]. The predicted octanol–water partition coefficient (Wildman–Crippen LogP) is 11.1. The van der Waals surface area contributed by atoms with Gasteiger partial charge < -0.3 is 9.97 Å². The van der Waals surface area contributed by atoms with Crippen LogP contribution in [0.5, 0.6) is 0 Å². The first-order valence-electron chi connectivity index (χ1n) is 17.5. The molecule has 3 aromatic rings. The van der Waals surface area contributed by atoms with Crippen LogP contribution in [-0.4, -0.2) is 38.1 Å². The van der Waals surface area contributed by atoms with Gasteiger partial charge in [-0.2, -0.15) is 23.5 Å². The van der Waals surface area contributed by atoms with E-state index in [2.05, 4.69) is 116 Å². The number of aryl methyl sites for hydroxylation is 2. The molecule has 7 rings (SSSR count). The molecular formula is C39H46N4NiS4. The Kier molecular flexibility index (Phi) is 13.0. The summed E-state index contributed by atoms with van der Waals surface area (Å²) < 4.78 is 0.310. The van der Waals surface area contributed by atoms with Crippen LogP contribution in [-0.2, 0) is 29.3 Å². The van der Waals surface area contributed by atoms with E-state index in [1.807, 2.05) is 0 Å². The minimum absolute atomic E-state index is 0. The first kappa shape index (κ1) is 36.3. The van der Waals surface area contributed by atoms with Crippen LogP contribution in [0, 0.1) is 5.41 Å². The van der Waals surface area contributed by atoms with Gasteiger partial charge in [0.2, 0.25) is 0 Å². The van der Waals surface area contributed by atoms with Gasteiger partial charge in [-0.3, -0.25) is 0 Å². The van der Waals surface area contributed by atoms with E-state index in [0.717, 1.165) is 70.5 Å². The van der Waals surface area contributed by atoms with Crippen molar-refractivity contribution < 1.29 is 16.5 Å². The van der Waals surface area contributed by atoms with Crippen molar-refractivity contribution in [3.8, 4) is 0 Å². The molecule has 2 fully saturated rings. The fourth-order valence-electron chi connectivity index (χ4n) is 6.91. The molecule has 4 aliphatic heterocycles. The number of fused-ring (bicyclic) bond motifs is 8. The number of thioether (sulfide) groups is 4. The van der Waals surface area contributed by atoms with Crippen LogP contribution in [0.15, 0.2) is 30.3 Å². The Morgan fingerprint density at radius 2 is 1.15 bits per heavy atom. The second-order valence-corrected chi connectivity index (χ2v) is 18.2. The topological polar surface area (TPSA) is 54.0 Å². The molecule has 9 heteroatoms. The third kappa shape index (κ3) is 8.33. The Bertz CT molecular complexity index is 1670. The fraction of sp³-hybridized carbons (Fsp3) is 0.487. The molecule has 8 bridgehead atoms. The Hall–Kier alpha value is -1.51. The normalized spacial score (nSPS) is 17.2. The summed E-state index contributed by atoms with van der Waals surface area (Å²) in [7, 11) is 0. The van der Waals surface area contributed by atoms with Gasteiger partial charge in [-0.15, -0.1) is 45.6 Å². The standard InChI is InChI=1S/C39H46N4S4.Ni/c1-3-5-7-9-11-29-31-15-13-27(40-31)21-28-14-16-32(41-28)30(12-10-8-6-4-2)34-18-20-36(43-34)37(35-19-17-33(29)42-35)38-46-24-39(25-47-38)22-44-26-45-23-39;/h13-21,38H,3-12,22-26H2,1-2H3;/q-2;+2. The van der Waals surface area contributed by atoms with E-state index in [0.29, 0.717) is 10.00 Å². The van der Waals surface area contributed by atoms with E-state index in [1.165, 1.54) is 83.3 Å². The summed E-state index contributed by atoms with van der Waals surface area (Å²) in [6.45, 7) is 4.55. The molecule has 0 saturated carbocycles. The van der Waals surface area contributed by atoms with Gasteiger partial charge in [0.1, 0.15) is 0 Å². The maximum absolute atomic E-state index is 5.43. The van der Waals surface area contributed by atoms with Crippen LogP contribution in [0.3, 0.4) is 0 Å². The van der Waals surface area contributed by atoms with Crippen LogP contribution in [0.2, 0.25) is 0 Å². The predicted molar refractivity (Wildman–Crippen MR) is 212 cm³/mol. The van der Waals surface area contributed by atoms with Crippen molar-refractivity contribution in [3.05, 3.63) is 69.8 Å². The molecule has 256 valence electrons. The number of hydrogen-bond donors (Lipinski definition) is 0. The Labute approximate surface area is 313 Å². The van der Waals surface area contributed by atoms with Gasteiger partial charge in [0, 0.05) is 33.5 Å². The summed E-state index contributed by atoms with van der Waals surface area (Å²) >= 11 is 8.49. The van der Waals surface area contributed by atoms with Crippen LogP contribution < -0.4 is 9.97 Å². The molecule has 0 unspecified atom stereocenters. The molecule has 4 aliphatic rings.